The fourth-order valence-electron chi connectivity index (χ4n) is 2.23. The Morgan fingerprint density at radius 2 is 1.47 bits per heavy atom. The van der Waals surface area contributed by atoms with Gasteiger partial charge in [-0.15, -0.1) is 0 Å². The molecule has 0 aliphatic carbocycles. The van der Waals surface area contributed by atoms with Crippen molar-refractivity contribution in [3.63, 3.8) is 0 Å². The van der Waals surface area contributed by atoms with Crippen molar-refractivity contribution in [2.75, 3.05) is 12.3 Å². The molecule has 0 radical (unpaired) electrons. The van der Waals surface area contributed by atoms with E-state index in [-0.39, 0.29) is 7.92 Å². The minimum Gasteiger partial charge on any atom is -0.0745 e. The van der Waals surface area contributed by atoms with Crippen molar-refractivity contribution in [2.24, 2.45) is 11.8 Å². The van der Waals surface area contributed by atoms with E-state index in [1.807, 2.05) is 0 Å². The SMILES string of the molecule is Cc1cccc(P(CC(C)C)CC(C)C)c1C. The molecule has 0 spiro atoms. The molecule has 0 bridgehead atoms. The predicted molar refractivity (Wildman–Crippen MR) is 81.9 cm³/mol. The summed E-state index contributed by atoms with van der Waals surface area (Å²) < 4.78 is 0. The third-order valence-electron chi connectivity index (χ3n) is 3.09. The van der Waals surface area contributed by atoms with Crippen LogP contribution in [0, 0.1) is 25.7 Å². The molecular formula is C16H27P. The molecule has 0 atom stereocenters. The average molecular weight is 250 g/mol. The van der Waals surface area contributed by atoms with Gasteiger partial charge in [0.05, 0.1) is 0 Å². The highest BCUT2D eigenvalue weighted by Crippen LogP contribution is 2.40. The van der Waals surface area contributed by atoms with Crippen LogP contribution in [0.4, 0.5) is 0 Å². The summed E-state index contributed by atoms with van der Waals surface area (Å²) in [4.78, 5) is 0. The van der Waals surface area contributed by atoms with Crippen molar-refractivity contribution < 1.29 is 0 Å². The summed E-state index contributed by atoms with van der Waals surface area (Å²) in [6.45, 7) is 13.9. The summed E-state index contributed by atoms with van der Waals surface area (Å²) in [5.74, 6) is 1.61. The zero-order chi connectivity index (χ0) is 13.0. The number of hydrogen-bond donors (Lipinski definition) is 0. The zero-order valence-corrected chi connectivity index (χ0v) is 13.1. The molecule has 0 fully saturated rings. The highest BCUT2D eigenvalue weighted by Gasteiger charge is 2.16. The molecule has 0 amide bonds. The Balaban J connectivity index is 2.99. The Bertz CT molecular complexity index is 343. The van der Waals surface area contributed by atoms with Crippen molar-refractivity contribution >= 4 is 13.2 Å². The van der Waals surface area contributed by atoms with E-state index in [0.29, 0.717) is 0 Å². The van der Waals surface area contributed by atoms with Crippen LogP contribution in [0.3, 0.4) is 0 Å². The maximum absolute atomic E-state index is 2.36. The van der Waals surface area contributed by atoms with Gasteiger partial charge in [-0.25, -0.2) is 0 Å². The summed E-state index contributed by atoms with van der Waals surface area (Å²) in [7, 11) is 0.0283. The van der Waals surface area contributed by atoms with Gasteiger partial charge in [-0.3, -0.25) is 0 Å². The smallest absolute Gasteiger partial charge is 0.0208 e. The van der Waals surface area contributed by atoms with E-state index in [1.54, 1.807) is 5.30 Å². The fourth-order valence-corrected chi connectivity index (χ4v) is 5.48. The topological polar surface area (TPSA) is 0 Å². The number of aryl methyl sites for hydroxylation is 1. The molecule has 1 aromatic carbocycles. The highest BCUT2D eigenvalue weighted by molar-refractivity contribution is 7.65. The van der Waals surface area contributed by atoms with Crippen LogP contribution in [0.25, 0.3) is 0 Å². The lowest BCUT2D eigenvalue weighted by molar-refractivity contribution is 0.721. The minimum absolute atomic E-state index is 0.0283. The standard InChI is InChI=1S/C16H27P/c1-12(2)10-17(11-13(3)4)16-9-7-8-14(5)15(16)6/h7-9,12-13H,10-11H2,1-6H3. The molecule has 0 unspecified atom stereocenters. The van der Waals surface area contributed by atoms with Crippen LogP contribution >= 0.6 is 7.92 Å². The van der Waals surface area contributed by atoms with Crippen molar-refractivity contribution in [2.45, 2.75) is 41.5 Å². The summed E-state index contributed by atoms with van der Waals surface area (Å²) in [6, 6.07) is 6.82. The van der Waals surface area contributed by atoms with Crippen LogP contribution in [0.15, 0.2) is 18.2 Å². The first-order chi connectivity index (χ1) is 7.91. The molecule has 1 rings (SSSR count). The highest BCUT2D eigenvalue weighted by atomic mass is 31.1. The Labute approximate surface area is 109 Å². The Kier molecular flexibility index (Phi) is 5.67. The van der Waals surface area contributed by atoms with E-state index in [0.717, 1.165) is 11.8 Å². The van der Waals surface area contributed by atoms with Crippen molar-refractivity contribution in [1.82, 2.24) is 0 Å². The third kappa shape index (κ3) is 4.43. The third-order valence-corrected chi connectivity index (χ3v) is 6.60. The van der Waals surface area contributed by atoms with E-state index in [1.165, 1.54) is 23.5 Å². The molecular weight excluding hydrogens is 223 g/mol. The fraction of sp³-hybridized carbons (Fsp3) is 0.625. The lowest BCUT2D eigenvalue weighted by Crippen LogP contribution is -2.15. The maximum Gasteiger partial charge on any atom is -0.0208 e. The minimum atomic E-state index is 0.0283. The number of benzene rings is 1. The van der Waals surface area contributed by atoms with Gasteiger partial charge in [-0.1, -0.05) is 53.8 Å². The van der Waals surface area contributed by atoms with E-state index in [9.17, 15) is 0 Å². The molecule has 0 aromatic heterocycles. The van der Waals surface area contributed by atoms with Gasteiger partial charge < -0.3 is 0 Å². The van der Waals surface area contributed by atoms with Crippen molar-refractivity contribution in [1.29, 1.82) is 0 Å². The predicted octanol–water partition coefficient (Wildman–Crippen LogP) is 4.72. The second-order valence-corrected chi connectivity index (χ2v) is 8.20. The number of rotatable bonds is 5. The largest absolute Gasteiger partial charge is 0.0745 e. The van der Waals surface area contributed by atoms with Gasteiger partial charge in [-0.2, -0.15) is 0 Å². The van der Waals surface area contributed by atoms with E-state index < -0.39 is 0 Å². The van der Waals surface area contributed by atoms with Crippen LogP contribution < -0.4 is 5.30 Å². The molecule has 96 valence electrons. The van der Waals surface area contributed by atoms with Crippen molar-refractivity contribution in [3.05, 3.63) is 29.3 Å². The van der Waals surface area contributed by atoms with Crippen LogP contribution in [0.5, 0.6) is 0 Å². The summed E-state index contributed by atoms with van der Waals surface area (Å²) in [5, 5.41) is 1.64. The van der Waals surface area contributed by atoms with Gasteiger partial charge in [0, 0.05) is 0 Å². The lowest BCUT2D eigenvalue weighted by atomic mass is 10.1. The normalized spacial score (nSPS) is 11.8. The van der Waals surface area contributed by atoms with E-state index in [4.69, 9.17) is 0 Å². The Morgan fingerprint density at radius 3 is 1.94 bits per heavy atom. The molecule has 0 saturated carbocycles. The number of hydrogen-bond acceptors (Lipinski definition) is 0. The summed E-state index contributed by atoms with van der Waals surface area (Å²) in [5.41, 5.74) is 2.97. The molecule has 17 heavy (non-hydrogen) atoms. The molecule has 0 heterocycles. The molecule has 0 N–H and O–H groups in total. The van der Waals surface area contributed by atoms with Gasteiger partial charge in [-0.05, 0) is 54.4 Å². The van der Waals surface area contributed by atoms with Gasteiger partial charge in [0.15, 0.2) is 0 Å². The van der Waals surface area contributed by atoms with Crippen LogP contribution in [-0.4, -0.2) is 12.3 Å². The monoisotopic (exact) mass is 250 g/mol. The first-order valence-corrected chi connectivity index (χ1v) is 8.44. The van der Waals surface area contributed by atoms with Crippen LogP contribution in [0.1, 0.15) is 38.8 Å². The quantitative estimate of drug-likeness (QED) is 0.663. The Hall–Kier alpha value is -0.350. The molecule has 0 saturated heterocycles. The van der Waals surface area contributed by atoms with Gasteiger partial charge >= 0.3 is 0 Å². The van der Waals surface area contributed by atoms with E-state index >= 15 is 0 Å². The summed E-state index contributed by atoms with van der Waals surface area (Å²) >= 11 is 0. The maximum atomic E-state index is 2.36. The lowest BCUT2D eigenvalue weighted by Gasteiger charge is -2.24. The Morgan fingerprint density at radius 1 is 0.941 bits per heavy atom. The first kappa shape index (κ1) is 14.7. The van der Waals surface area contributed by atoms with Gasteiger partial charge in [0.2, 0.25) is 0 Å². The van der Waals surface area contributed by atoms with Gasteiger partial charge in [0.1, 0.15) is 0 Å². The second-order valence-electron chi connectivity index (χ2n) is 5.91. The molecule has 0 nitrogen and oxygen atoms in total. The van der Waals surface area contributed by atoms with Gasteiger partial charge in [0.25, 0.3) is 0 Å². The van der Waals surface area contributed by atoms with Crippen LogP contribution in [0.2, 0.25) is 0 Å². The second kappa shape index (κ2) is 6.55. The van der Waals surface area contributed by atoms with Crippen molar-refractivity contribution in [3.8, 4) is 0 Å². The van der Waals surface area contributed by atoms with Crippen LogP contribution in [-0.2, 0) is 0 Å². The molecule has 1 heteroatoms. The first-order valence-electron chi connectivity index (χ1n) is 6.73. The average Bonchev–Trinajstić information content (AvgIpc) is 2.19. The molecule has 0 aliphatic rings. The molecule has 0 aliphatic heterocycles. The summed E-state index contributed by atoms with van der Waals surface area (Å²) in [6.07, 6.45) is 2.75. The molecule has 1 aromatic rings. The zero-order valence-electron chi connectivity index (χ0n) is 12.2. The van der Waals surface area contributed by atoms with E-state index in [2.05, 4.69) is 59.7 Å².